The first-order valence-electron chi connectivity index (χ1n) is 13.3. The van der Waals surface area contributed by atoms with Crippen LogP contribution in [0.3, 0.4) is 0 Å². The number of thiophene rings is 1. The predicted octanol–water partition coefficient (Wildman–Crippen LogP) is 5.58. The Morgan fingerprint density at radius 1 is 0.795 bits per heavy atom. The van der Waals surface area contributed by atoms with Gasteiger partial charge in [0.2, 0.25) is 5.91 Å². The summed E-state index contributed by atoms with van der Waals surface area (Å²) in [5.41, 5.74) is 3.83. The Hall–Kier alpha value is -3.81. The topological polar surface area (TPSA) is 43.9 Å². The van der Waals surface area contributed by atoms with Crippen LogP contribution in [0.5, 0.6) is 0 Å². The van der Waals surface area contributed by atoms with Crippen molar-refractivity contribution in [1.29, 1.82) is 0 Å². The van der Waals surface area contributed by atoms with Gasteiger partial charge in [-0.1, -0.05) is 60.7 Å². The van der Waals surface area contributed by atoms with E-state index >= 15 is 0 Å². The van der Waals surface area contributed by atoms with Crippen molar-refractivity contribution < 1.29 is 14.0 Å². The van der Waals surface area contributed by atoms with Gasteiger partial charge in [-0.25, -0.2) is 4.39 Å². The Morgan fingerprint density at radius 3 is 2.15 bits per heavy atom. The van der Waals surface area contributed by atoms with Crippen molar-refractivity contribution in [3.63, 3.8) is 0 Å². The molecule has 200 valence electrons. The van der Waals surface area contributed by atoms with Gasteiger partial charge in [0.25, 0.3) is 5.91 Å². The quantitative estimate of drug-likeness (QED) is 0.278. The Balaban J connectivity index is 1.15. The summed E-state index contributed by atoms with van der Waals surface area (Å²) in [6.07, 6.45) is 0.365. The average molecular weight is 542 g/mol. The highest BCUT2D eigenvalue weighted by Crippen LogP contribution is 2.20. The van der Waals surface area contributed by atoms with Crippen molar-refractivity contribution in [2.45, 2.75) is 13.0 Å². The molecule has 39 heavy (non-hydrogen) atoms. The maximum absolute atomic E-state index is 13.4. The zero-order valence-electron chi connectivity index (χ0n) is 21.8. The number of nitrogens with zero attached hydrogens (tertiary/aromatic N) is 3. The minimum atomic E-state index is -0.283. The molecule has 1 saturated heterocycles. The highest BCUT2D eigenvalue weighted by Gasteiger charge is 2.23. The number of benzene rings is 3. The molecule has 7 heteroatoms. The molecule has 0 aliphatic carbocycles. The maximum Gasteiger partial charge on any atom is 0.253 e. The van der Waals surface area contributed by atoms with Crippen molar-refractivity contribution in [1.82, 2.24) is 14.7 Å². The molecule has 0 radical (unpaired) electrons. The van der Waals surface area contributed by atoms with Gasteiger partial charge < -0.3 is 9.80 Å². The van der Waals surface area contributed by atoms with Gasteiger partial charge in [-0.05, 0) is 52.4 Å². The van der Waals surface area contributed by atoms with Gasteiger partial charge in [0.1, 0.15) is 5.82 Å². The lowest BCUT2D eigenvalue weighted by Crippen LogP contribution is -2.50. The van der Waals surface area contributed by atoms with Gasteiger partial charge >= 0.3 is 0 Å². The first kappa shape index (κ1) is 26.8. The molecular formula is C32H32FN3O2S. The Morgan fingerprint density at radius 2 is 1.49 bits per heavy atom. The maximum atomic E-state index is 13.4. The van der Waals surface area contributed by atoms with Crippen molar-refractivity contribution >= 4 is 23.2 Å². The van der Waals surface area contributed by atoms with E-state index < -0.39 is 0 Å². The van der Waals surface area contributed by atoms with Crippen molar-refractivity contribution in [2.24, 2.45) is 0 Å². The van der Waals surface area contributed by atoms with Crippen LogP contribution in [-0.4, -0.2) is 65.8 Å². The summed E-state index contributed by atoms with van der Waals surface area (Å²) in [6, 6.07) is 28.2. The molecule has 5 rings (SSSR count). The molecule has 0 atom stereocenters. The van der Waals surface area contributed by atoms with E-state index in [4.69, 9.17) is 0 Å². The van der Waals surface area contributed by atoms with Crippen LogP contribution in [0.4, 0.5) is 4.39 Å². The second-order valence-electron chi connectivity index (χ2n) is 9.78. The number of piperazine rings is 1. The van der Waals surface area contributed by atoms with Crippen LogP contribution in [0.2, 0.25) is 0 Å². The summed E-state index contributed by atoms with van der Waals surface area (Å²) in [4.78, 5) is 33.4. The van der Waals surface area contributed by atoms with E-state index in [1.165, 1.54) is 12.1 Å². The molecule has 2 heterocycles. The zero-order chi connectivity index (χ0) is 27.0. The Labute approximate surface area is 233 Å². The molecule has 1 fully saturated rings. The normalized spacial score (nSPS) is 13.8. The van der Waals surface area contributed by atoms with Crippen molar-refractivity contribution in [2.75, 3.05) is 39.3 Å². The lowest BCUT2D eigenvalue weighted by Gasteiger charge is -2.36. The highest BCUT2D eigenvalue weighted by atomic mass is 32.1. The first-order valence-corrected chi connectivity index (χ1v) is 14.1. The van der Waals surface area contributed by atoms with Gasteiger partial charge in [0.15, 0.2) is 0 Å². The fourth-order valence-electron chi connectivity index (χ4n) is 4.83. The fraction of sp³-hybridized carbons (Fsp3) is 0.250. The van der Waals surface area contributed by atoms with E-state index in [-0.39, 0.29) is 17.6 Å². The molecule has 1 aliphatic rings. The van der Waals surface area contributed by atoms with Crippen LogP contribution in [0.25, 0.3) is 11.1 Å². The number of hydrogen-bond acceptors (Lipinski definition) is 4. The summed E-state index contributed by atoms with van der Waals surface area (Å²) >= 11 is 1.58. The summed E-state index contributed by atoms with van der Waals surface area (Å²) < 4.78 is 13.4. The molecule has 2 amide bonds. The Kier molecular flexibility index (Phi) is 8.81. The van der Waals surface area contributed by atoms with Crippen LogP contribution in [0, 0.1) is 5.82 Å². The summed E-state index contributed by atoms with van der Waals surface area (Å²) in [6.45, 7) is 4.58. The van der Waals surface area contributed by atoms with Crippen molar-refractivity contribution in [3.05, 3.63) is 118 Å². The standard InChI is InChI=1S/C32H32FN3O2S/c33-29-14-8-25(9-15-29)24-36(31(37)23-30-7-4-22-39-30)21-18-34-16-19-35(20-17-34)32(38)28-12-10-27(11-13-28)26-5-2-1-3-6-26/h1-15,22H,16-21,23-24H2. The monoisotopic (exact) mass is 541 g/mol. The summed E-state index contributed by atoms with van der Waals surface area (Å²) in [5.74, 6) is -0.164. The van der Waals surface area contributed by atoms with Crippen LogP contribution < -0.4 is 0 Å². The van der Waals surface area contributed by atoms with E-state index in [1.807, 2.05) is 69.8 Å². The van der Waals surface area contributed by atoms with Gasteiger partial charge in [-0.15, -0.1) is 11.3 Å². The smallest absolute Gasteiger partial charge is 0.253 e. The van der Waals surface area contributed by atoms with Crippen LogP contribution in [0.15, 0.2) is 96.4 Å². The van der Waals surface area contributed by atoms with Crippen molar-refractivity contribution in [3.8, 4) is 11.1 Å². The predicted molar refractivity (Wildman–Crippen MR) is 154 cm³/mol. The van der Waals surface area contributed by atoms with Gasteiger partial charge in [0.05, 0.1) is 6.42 Å². The SMILES string of the molecule is O=C(Cc1cccs1)N(CCN1CCN(C(=O)c2ccc(-c3ccccc3)cc2)CC1)Cc1ccc(F)cc1. The summed E-state index contributed by atoms with van der Waals surface area (Å²) in [7, 11) is 0. The third kappa shape index (κ3) is 7.19. The lowest BCUT2D eigenvalue weighted by molar-refractivity contribution is -0.131. The van der Waals surface area contributed by atoms with Crippen LogP contribution in [0.1, 0.15) is 20.8 Å². The lowest BCUT2D eigenvalue weighted by atomic mass is 10.0. The minimum absolute atomic E-state index is 0.0540. The third-order valence-electron chi connectivity index (χ3n) is 7.13. The molecule has 0 saturated carbocycles. The van der Waals surface area contributed by atoms with Gasteiger partial charge in [0, 0.05) is 56.3 Å². The van der Waals surface area contributed by atoms with Gasteiger partial charge in [-0.3, -0.25) is 14.5 Å². The number of halogens is 1. The molecule has 3 aromatic carbocycles. The molecule has 5 nitrogen and oxygen atoms in total. The number of carbonyl (C=O) groups excluding carboxylic acids is 2. The zero-order valence-corrected chi connectivity index (χ0v) is 22.7. The first-order chi connectivity index (χ1) is 19.0. The molecule has 4 aromatic rings. The molecule has 0 N–H and O–H groups in total. The molecule has 1 aromatic heterocycles. The van der Waals surface area contributed by atoms with Gasteiger partial charge in [-0.2, -0.15) is 0 Å². The molecule has 0 unspecified atom stereocenters. The molecular weight excluding hydrogens is 509 g/mol. The summed E-state index contributed by atoms with van der Waals surface area (Å²) in [5, 5.41) is 1.98. The van der Waals surface area contributed by atoms with E-state index in [0.717, 1.165) is 41.2 Å². The number of rotatable bonds is 9. The molecule has 0 spiro atoms. The van der Waals surface area contributed by atoms with E-state index in [9.17, 15) is 14.0 Å². The number of carbonyl (C=O) groups is 2. The molecule has 0 bridgehead atoms. The number of hydrogen-bond donors (Lipinski definition) is 0. The van der Waals surface area contributed by atoms with E-state index in [0.29, 0.717) is 38.2 Å². The van der Waals surface area contributed by atoms with Crippen LogP contribution >= 0.6 is 11.3 Å². The fourth-order valence-corrected chi connectivity index (χ4v) is 5.53. The largest absolute Gasteiger partial charge is 0.337 e. The second kappa shape index (κ2) is 12.8. The van der Waals surface area contributed by atoms with Crippen LogP contribution in [-0.2, 0) is 17.8 Å². The second-order valence-corrected chi connectivity index (χ2v) is 10.8. The average Bonchev–Trinajstić information content (AvgIpc) is 3.50. The minimum Gasteiger partial charge on any atom is -0.337 e. The third-order valence-corrected chi connectivity index (χ3v) is 8.01. The van der Waals surface area contributed by atoms with E-state index in [1.54, 1.807) is 23.5 Å². The number of amides is 2. The van der Waals surface area contributed by atoms with E-state index in [2.05, 4.69) is 17.0 Å². The highest BCUT2D eigenvalue weighted by molar-refractivity contribution is 7.10. The molecule has 1 aliphatic heterocycles. The Bertz CT molecular complexity index is 1350.